The molecule has 2 aliphatic heterocycles. The molecule has 3 heterocycles. The molecular weight excluding hydrogens is 598 g/mol. The van der Waals surface area contributed by atoms with Crippen LogP contribution in [0.25, 0.3) is 11.1 Å². The zero-order valence-corrected chi connectivity index (χ0v) is 28.3. The van der Waals surface area contributed by atoms with Crippen LogP contribution >= 0.6 is 0 Å². The summed E-state index contributed by atoms with van der Waals surface area (Å²) in [6.07, 6.45) is 6.84. The van der Waals surface area contributed by atoms with Crippen LogP contribution in [0.5, 0.6) is 5.75 Å². The van der Waals surface area contributed by atoms with Crippen LogP contribution in [0.2, 0.25) is 0 Å². The van der Waals surface area contributed by atoms with Crippen molar-refractivity contribution >= 4 is 17.5 Å². The third-order valence-electron chi connectivity index (χ3n) is 9.38. The Labute approximate surface area is 284 Å². The van der Waals surface area contributed by atoms with Crippen molar-refractivity contribution in [2.75, 3.05) is 50.8 Å². The molecule has 1 fully saturated rings. The highest BCUT2D eigenvalue weighted by Crippen LogP contribution is 2.31. The fourth-order valence-corrected chi connectivity index (χ4v) is 6.92. The van der Waals surface area contributed by atoms with Crippen molar-refractivity contribution in [2.45, 2.75) is 52.7 Å². The summed E-state index contributed by atoms with van der Waals surface area (Å²) in [6.45, 7) is 10.9. The number of carbonyl (C=O) groups is 2. The SMILES string of the molecule is CCOc1ccc(C(=O)N2CCN(Cc3ccccc3)CCCN(C(C)=O)c3ccc(-c4cccnc4)cc3C2)cc1CN1CCCC1. The molecule has 2 amide bonds. The summed E-state index contributed by atoms with van der Waals surface area (Å²) in [5, 5.41) is 0. The lowest BCUT2D eigenvalue weighted by Gasteiger charge is -2.29. The summed E-state index contributed by atoms with van der Waals surface area (Å²) >= 11 is 0. The lowest BCUT2D eigenvalue weighted by molar-refractivity contribution is -0.116. The van der Waals surface area contributed by atoms with E-state index < -0.39 is 0 Å². The molecule has 1 saturated heterocycles. The van der Waals surface area contributed by atoms with Gasteiger partial charge in [0.1, 0.15) is 5.75 Å². The van der Waals surface area contributed by atoms with Gasteiger partial charge in [-0.25, -0.2) is 0 Å². The van der Waals surface area contributed by atoms with Crippen molar-refractivity contribution < 1.29 is 14.3 Å². The third kappa shape index (κ3) is 8.30. The average Bonchev–Trinajstić information content (AvgIpc) is 3.61. The minimum absolute atomic E-state index is 0.00446. The lowest BCUT2D eigenvalue weighted by atomic mass is 10.0. The Balaban J connectivity index is 1.37. The molecule has 0 unspecified atom stereocenters. The number of pyridine rings is 1. The Kier molecular flexibility index (Phi) is 11.2. The number of rotatable bonds is 8. The Bertz CT molecular complexity index is 1670. The van der Waals surface area contributed by atoms with E-state index >= 15 is 0 Å². The summed E-state index contributed by atoms with van der Waals surface area (Å²) in [4.78, 5) is 40.8. The van der Waals surface area contributed by atoms with Gasteiger partial charge < -0.3 is 14.5 Å². The van der Waals surface area contributed by atoms with Crippen LogP contribution in [0.15, 0.2) is 91.3 Å². The van der Waals surface area contributed by atoms with Crippen molar-refractivity contribution in [3.63, 3.8) is 0 Å². The van der Waals surface area contributed by atoms with Gasteiger partial charge in [0.15, 0.2) is 0 Å². The van der Waals surface area contributed by atoms with Gasteiger partial charge in [0.05, 0.1) is 6.61 Å². The normalized spacial score (nSPS) is 16.3. The smallest absolute Gasteiger partial charge is 0.254 e. The van der Waals surface area contributed by atoms with Gasteiger partial charge in [-0.15, -0.1) is 0 Å². The second kappa shape index (κ2) is 16.0. The first-order valence-corrected chi connectivity index (χ1v) is 17.3. The highest BCUT2D eigenvalue weighted by Gasteiger charge is 2.25. The number of benzene rings is 3. The molecule has 2 aliphatic rings. The molecule has 3 aromatic carbocycles. The molecular formula is C40H47N5O3. The molecule has 8 nitrogen and oxygen atoms in total. The molecule has 0 saturated carbocycles. The molecule has 6 rings (SSSR count). The van der Waals surface area contributed by atoms with Crippen LogP contribution in [0.4, 0.5) is 5.69 Å². The second-order valence-electron chi connectivity index (χ2n) is 12.8. The van der Waals surface area contributed by atoms with Gasteiger partial charge in [-0.1, -0.05) is 42.5 Å². The van der Waals surface area contributed by atoms with Gasteiger partial charge in [-0.3, -0.25) is 24.4 Å². The van der Waals surface area contributed by atoms with Crippen molar-refractivity contribution in [1.29, 1.82) is 0 Å². The maximum absolute atomic E-state index is 14.6. The van der Waals surface area contributed by atoms with Crippen LogP contribution in [0, 0.1) is 0 Å². The largest absolute Gasteiger partial charge is 0.494 e. The zero-order valence-electron chi connectivity index (χ0n) is 28.3. The number of anilines is 1. The standard InChI is InChI=1S/C40H47N5O3/c1-3-48-39-17-15-34(26-37(39)29-42-19-7-8-20-42)40(47)44-24-23-43(28-32-11-5-4-6-12-32)21-10-22-45(31(2)46)38-16-14-33(25-36(38)30-44)35-13-9-18-41-27-35/h4-6,9,11-18,25-27H,3,7-8,10,19-24,28-30H2,1-2H3. The Morgan fingerprint density at radius 2 is 1.56 bits per heavy atom. The highest BCUT2D eigenvalue weighted by molar-refractivity contribution is 5.95. The number of amides is 2. The molecule has 0 N–H and O–H groups in total. The summed E-state index contributed by atoms with van der Waals surface area (Å²) in [5.41, 5.74) is 6.74. The van der Waals surface area contributed by atoms with Crippen LogP contribution in [-0.2, 0) is 24.4 Å². The quantitative estimate of drug-likeness (QED) is 0.214. The summed E-state index contributed by atoms with van der Waals surface area (Å²) in [7, 11) is 0. The minimum atomic E-state index is -0.0215. The van der Waals surface area contributed by atoms with Crippen LogP contribution in [0.1, 0.15) is 60.2 Å². The lowest BCUT2D eigenvalue weighted by Crippen LogP contribution is -2.38. The zero-order chi connectivity index (χ0) is 33.3. The van der Waals surface area contributed by atoms with Gasteiger partial charge in [0.2, 0.25) is 5.91 Å². The number of aromatic nitrogens is 1. The number of nitrogens with zero attached hydrogens (tertiary/aromatic N) is 5. The Hall–Kier alpha value is -4.53. The first kappa shape index (κ1) is 33.4. The van der Waals surface area contributed by atoms with Crippen LogP contribution in [0.3, 0.4) is 0 Å². The maximum Gasteiger partial charge on any atom is 0.254 e. The number of fused-ring (bicyclic) bond motifs is 1. The first-order valence-electron chi connectivity index (χ1n) is 17.3. The molecule has 1 aromatic heterocycles. The fourth-order valence-electron chi connectivity index (χ4n) is 6.92. The molecule has 4 aromatic rings. The molecule has 8 heteroatoms. The predicted octanol–water partition coefficient (Wildman–Crippen LogP) is 6.64. The summed E-state index contributed by atoms with van der Waals surface area (Å²) in [6, 6.07) is 26.5. The second-order valence-corrected chi connectivity index (χ2v) is 12.8. The number of hydrogen-bond acceptors (Lipinski definition) is 6. The van der Waals surface area contributed by atoms with E-state index in [9.17, 15) is 9.59 Å². The topological polar surface area (TPSA) is 69.2 Å². The average molecular weight is 646 g/mol. The van der Waals surface area contributed by atoms with Crippen LogP contribution in [-0.4, -0.2) is 77.4 Å². The van der Waals surface area contributed by atoms with Crippen molar-refractivity contribution in [3.05, 3.63) is 114 Å². The van der Waals surface area contributed by atoms with Gasteiger partial charge in [0.25, 0.3) is 5.91 Å². The highest BCUT2D eigenvalue weighted by atomic mass is 16.5. The van der Waals surface area contributed by atoms with Gasteiger partial charge in [-0.2, -0.15) is 0 Å². The third-order valence-corrected chi connectivity index (χ3v) is 9.38. The molecule has 0 radical (unpaired) electrons. The predicted molar refractivity (Wildman–Crippen MR) is 191 cm³/mol. The van der Waals surface area contributed by atoms with Gasteiger partial charge in [0, 0.05) is 81.9 Å². The van der Waals surface area contributed by atoms with E-state index in [1.165, 1.54) is 18.4 Å². The van der Waals surface area contributed by atoms with Gasteiger partial charge in [-0.05, 0) is 97.9 Å². The first-order chi connectivity index (χ1) is 23.5. The Morgan fingerprint density at radius 1 is 0.771 bits per heavy atom. The van der Waals surface area contributed by atoms with E-state index in [0.717, 1.165) is 79.4 Å². The number of ether oxygens (including phenoxy) is 1. The number of hydrogen-bond donors (Lipinski definition) is 0. The monoisotopic (exact) mass is 645 g/mol. The molecule has 250 valence electrons. The number of carbonyl (C=O) groups excluding carboxylic acids is 2. The minimum Gasteiger partial charge on any atom is -0.494 e. The summed E-state index contributed by atoms with van der Waals surface area (Å²) < 4.78 is 6.01. The van der Waals surface area contributed by atoms with E-state index in [0.29, 0.717) is 31.8 Å². The van der Waals surface area contributed by atoms with E-state index in [1.54, 1.807) is 13.1 Å². The van der Waals surface area contributed by atoms with Crippen molar-refractivity contribution in [1.82, 2.24) is 19.7 Å². The maximum atomic E-state index is 14.6. The molecule has 0 aliphatic carbocycles. The fraction of sp³-hybridized carbons (Fsp3) is 0.375. The van der Waals surface area contributed by atoms with Gasteiger partial charge >= 0.3 is 0 Å². The van der Waals surface area contributed by atoms with E-state index in [1.807, 2.05) is 65.4 Å². The Morgan fingerprint density at radius 3 is 2.31 bits per heavy atom. The summed E-state index contributed by atoms with van der Waals surface area (Å²) in [5.74, 6) is 0.817. The van der Waals surface area contributed by atoms with E-state index in [2.05, 4.69) is 51.2 Å². The molecule has 48 heavy (non-hydrogen) atoms. The van der Waals surface area contributed by atoms with Crippen molar-refractivity contribution in [2.24, 2.45) is 0 Å². The van der Waals surface area contributed by atoms with Crippen molar-refractivity contribution in [3.8, 4) is 16.9 Å². The van der Waals surface area contributed by atoms with E-state index in [4.69, 9.17) is 4.74 Å². The number of likely N-dealkylation sites (tertiary alicyclic amines) is 1. The van der Waals surface area contributed by atoms with E-state index in [-0.39, 0.29) is 11.8 Å². The molecule has 0 bridgehead atoms. The van der Waals surface area contributed by atoms with Crippen LogP contribution < -0.4 is 9.64 Å². The molecule has 0 spiro atoms. The molecule has 0 atom stereocenters.